The highest BCUT2D eigenvalue weighted by atomic mass is 16.5. The number of ether oxygens (including phenoxy) is 1. The van der Waals surface area contributed by atoms with Crippen molar-refractivity contribution in [2.45, 2.75) is 25.8 Å². The fraction of sp³-hybridized carbons (Fsp3) is 0.381. The molecule has 2 aromatic rings. The number of pyridine rings is 1. The van der Waals surface area contributed by atoms with Gasteiger partial charge in [-0.3, -0.25) is 14.6 Å². The molecule has 2 heterocycles. The van der Waals surface area contributed by atoms with E-state index in [1.165, 1.54) is 0 Å². The Hall–Kier alpha value is -2.89. The number of carbonyl (C=O) groups excluding carboxylic acids is 2. The lowest BCUT2D eigenvalue weighted by Crippen LogP contribution is -2.43. The van der Waals surface area contributed by atoms with Gasteiger partial charge in [0.15, 0.2) is 0 Å². The van der Waals surface area contributed by atoms with Crippen LogP contribution in [-0.4, -0.2) is 41.9 Å². The third-order valence-electron chi connectivity index (χ3n) is 4.92. The van der Waals surface area contributed by atoms with Crippen LogP contribution in [0.2, 0.25) is 0 Å². The Morgan fingerprint density at radius 1 is 1.15 bits per heavy atom. The maximum Gasteiger partial charge on any atom is 0.226 e. The minimum Gasteiger partial charge on any atom is -0.497 e. The Balaban J connectivity index is 1.43. The largest absolute Gasteiger partial charge is 0.497 e. The lowest BCUT2D eigenvalue weighted by atomic mass is 9.95. The average Bonchev–Trinajstić information content (AvgIpc) is 2.73. The second-order valence-electron chi connectivity index (χ2n) is 6.76. The lowest BCUT2D eigenvalue weighted by Gasteiger charge is -2.31. The van der Waals surface area contributed by atoms with Crippen molar-refractivity contribution in [2.75, 3.05) is 20.2 Å². The monoisotopic (exact) mass is 367 g/mol. The summed E-state index contributed by atoms with van der Waals surface area (Å²) in [5.74, 6) is 0.909. The summed E-state index contributed by atoms with van der Waals surface area (Å²) in [4.78, 5) is 30.8. The standard InChI is InChI=1S/C21H25N3O3/c1-27-19-6-4-16(5-7-19)13-20(25)24-11-8-18(9-12-24)21(26)23-15-17-3-2-10-22-14-17/h2-7,10,14,18H,8-9,11-13,15H2,1H3,(H,23,26). The van der Waals surface area contributed by atoms with E-state index in [1.54, 1.807) is 19.5 Å². The van der Waals surface area contributed by atoms with E-state index in [9.17, 15) is 9.59 Å². The maximum absolute atomic E-state index is 12.5. The lowest BCUT2D eigenvalue weighted by molar-refractivity contribution is -0.135. The van der Waals surface area contributed by atoms with Crippen LogP contribution in [0, 0.1) is 5.92 Å². The summed E-state index contributed by atoms with van der Waals surface area (Å²) in [7, 11) is 1.62. The molecule has 1 aromatic heterocycles. The van der Waals surface area contributed by atoms with E-state index in [0.717, 1.165) is 16.9 Å². The molecule has 1 N–H and O–H groups in total. The van der Waals surface area contributed by atoms with Crippen molar-refractivity contribution in [3.05, 3.63) is 59.9 Å². The zero-order valence-electron chi connectivity index (χ0n) is 15.6. The first-order chi connectivity index (χ1) is 13.2. The van der Waals surface area contributed by atoms with Gasteiger partial charge in [-0.1, -0.05) is 18.2 Å². The first kappa shape index (κ1) is 18.9. The van der Waals surface area contributed by atoms with E-state index >= 15 is 0 Å². The molecule has 1 aliphatic heterocycles. The number of piperidine rings is 1. The predicted molar refractivity (Wildman–Crippen MR) is 102 cm³/mol. The number of amides is 2. The van der Waals surface area contributed by atoms with Crippen molar-refractivity contribution in [2.24, 2.45) is 5.92 Å². The summed E-state index contributed by atoms with van der Waals surface area (Å²) >= 11 is 0. The highest BCUT2D eigenvalue weighted by Crippen LogP contribution is 2.19. The van der Waals surface area contributed by atoms with Gasteiger partial charge in [0.1, 0.15) is 5.75 Å². The number of rotatable bonds is 6. The quantitative estimate of drug-likeness (QED) is 0.850. The number of carbonyl (C=O) groups is 2. The van der Waals surface area contributed by atoms with Crippen LogP contribution < -0.4 is 10.1 Å². The number of hydrogen-bond donors (Lipinski definition) is 1. The summed E-state index contributed by atoms with van der Waals surface area (Å²) < 4.78 is 5.14. The van der Waals surface area contributed by atoms with Gasteiger partial charge in [0.2, 0.25) is 11.8 Å². The summed E-state index contributed by atoms with van der Waals surface area (Å²) in [5, 5.41) is 2.97. The van der Waals surface area contributed by atoms with Crippen molar-refractivity contribution >= 4 is 11.8 Å². The van der Waals surface area contributed by atoms with Crippen LogP contribution in [-0.2, 0) is 22.6 Å². The van der Waals surface area contributed by atoms with E-state index in [4.69, 9.17) is 4.74 Å². The Morgan fingerprint density at radius 3 is 2.52 bits per heavy atom. The minimum absolute atomic E-state index is 0.0355. The molecule has 0 radical (unpaired) electrons. The van der Waals surface area contributed by atoms with Gasteiger partial charge in [-0.25, -0.2) is 0 Å². The summed E-state index contributed by atoms with van der Waals surface area (Å²) in [5.41, 5.74) is 1.95. The van der Waals surface area contributed by atoms with Crippen LogP contribution >= 0.6 is 0 Å². The van der Waals surface area contributed by atoms with Crippen molar-refractivity contribution in [3.8, 4) is 5.75 Å². The summed E-state index contributed by atoms with van der Waals surface area (Å²) in [6.45, 7) is 1.74. The fourth-order valence-corrected chi connectivity index (χ4v) is 3.26. The van der Waals surface area contributed by atoms with E-state index < -0.39 is 0 Å². The van der Waals surface area contributed by atoms with Crippen LogP contribution in [0.25, 0.3) is 0 Å². The molecule has 0 aliphatic carbocycles. The van der Waals surface area contributed by atoms with E-state index in [2.05, 4.69) is 10.3 Å². The van der Waals surface area contributed by atoms with E-state index in [1.807, 2.05) is 41.3 Å². The number of methoxy groups -OCH3 is 1. The first-order valence-electron chi connectivity index (χ1n) is 9.23. The van der Waals surface area contributed by atoms with Gasteiger partial charge in [0, 0.05) is 37.9 Å². The molecule has 27 heavy (non-hydrogen) atoms. The summed E-state index contributed by atoms with van der Waals surface area (Å²) in [6.07, 6.45) is 5.24. The van der Waals surface area contributed by atoms with Gasteiger partial charge in [-0.15, -0.1) is 0 Å². The van der Waals surface area contributed by atoms with Crippen molar-refractivity contribution in [1.82, 2.24) is 15.2 Å². The van der Waals surface area contributed by atoms with Gasteiger partial charge in [-0.05, 0) is 42.2 Å². The molecule has 3 rings (SSSR count). The average molecular weight is 367 g/mol. The zero-order valence-corrected chi connectivity index (χ0v) is 15.6. The van der Waals surface area contributed by atoms with Gasteiger partial charge in [0.05, 0.1) is 13.5 Å². The predicted octanol–water partition coefficient (Wildman–Crippen LogP) is 2.19. The molecule has 6 heteroatoms. The Morgan fingerprint density at radius 2 is 1.89 bits per heavy atom. The van der Waals surface area contributed by atoms with Gasteiger partial charge in [-0.2, -0.15) is 0 Å². The van der Waals surface area contributed by atoms with Crippen molar-refractivity contribution in [3.63, 3.8) is 0 Å². The van der Waals surface area contributed by atoms with Crippen LogP contribution in [0.3, 0.4) is 0 Å². The van der Waals surface area contributed by atoms with Crippen LogP contribution in [0.1, 0.15) is 24.0 Å². The van der Waals surface area contributed by atoms with Crippen LogP contribution in [0.4, 0.5) is 0 Å². The van der Waals surface area contributed by atoms with Crippen molar-refractivity contribution < 1.29 is 14.3 Å². The molecule has 2 amide bonds. The summed E-state index contributed by atoms with van der Waals surface area (Å²) in [6, 6.07) is 11.3. The minimum atomic E-state index is -0.0355. The van der Waals surface area contributed by atoms with Crippen molar-refractivity contribution in [1.29, 1.82) is 0 Å². The SMILES string of the molecule is COc1ccc(CC(=O)N2CCC(C(=O)NCc3cccnc3)CC2)cc1. The first-order valence-corrected chi connectivity index (χ1v) is 9.23. The Kier molecular flexibility index (Phi) is 6.41. The number of likely N-dealkylation sites (tertiary alicyclic amines) is 1. The van der Waals surface area contributed by atoms with Gasteiger partial charge in [0.25, 0.3) is 0 Å². The molecule has 0 atom stereocenters. The highest BCUT2D eigenvalue weighted by Gasteiger charge is 2.27. The Labute approximate surface area is 159 Å². The number of aromatic nitrogens is 1. The molecule has 0 bridgehead atoms. The topological polar surface area (TPSA) is 71.5 Å². The normalized spacial score (nSPS) is 14.6. The van der Waals surface area contributed by atoms with E-state index in [-0.39, 0.29) is 17.7 Å². The molecular weight excluding hydrogens is 342 g/mol. The molecule has 0 unspecified atom stereocenters. The Bertz CT molecular complexity index is 754. The van der Waals surface area contributed by atoms with E-state index in [0.29, 0.717) is 38.9 Å². The zero-order chi connectivity index (χ0) is 19.1. The number of hydrogen-bond acceptors (Lipinski definition) is 4. The fourth-order valence-electron chi connectivity index (χ4n) is 3.26. The van der Waals surface area contributed by atoms with Gasteiger partial charge >= 0.3 is 0 Å². The van der Waals surface area contributed by atoms with Crippen LogP contribution in [0.15, 0.2) is 48.8 Å². The number of nitrogens with one attached hydrogen (secondary N) is 1. The number of benzene rings is 1. The number of nitrogens with zero attached hydrogens (tertiary/aromatic N) is 2. The maximum atomic E-state index is 12.5. The third kappa shape index (κ3) is 5.29. The second-order valence-corrected chi connectivity index (χ2v) is 6.76. The molecule has 142 valence electrons. The second kappa shape index (κ2) is 9.16. The molecule has 1 aromatic carbocycles. The van der Waals surface area contributed by atoms with Gasteiger partial charge < -0.3 is 15.0 Å². The molecule has 1 aliphatic rings. The smallest absolute Gasteiger partial charge is 0.226 e. The molecule has 1 saturated heterocycles. The molecule has 0 spiro atoms. The molecule has 1 fully saturated rings. The molecular formula is C21H25N3O3. The highest BCUT2D eigenvalue weighted by molar-refractivity contribution is 5.81. The molecule has 0 saturated carbocycles. The molecule has 6 nitrogen and oxygen atoms in total. The van der Waals surface area contributed by atoms with Crippen LogP contribution in [0.5, 0.6) is 5.75 Å². The third-order valence-corrected chi connectivity index (χ3v) is 4.92.